The van der Waals surface area contributed by atoms with Crippen molar-refractivity contribution >= 4 is 30.9 Å². The van der Waals surface area contributed by atoms with Gasteiger partial charge in [-0.15, -0.1) is 5.60 Å². The normalized spacial score (nSPS) is 15.5. The molecule has 0 bridgehead atoms. The summed E-state index contributed by atoms with van der Waals surface area (Å²) in [6, 6.07) is 26.5. The number of rotatable bonds is 42. The summed E-state index contributed by atoms with van der Waals surface area (Å²) in [6.45, 7) is 18.6. The Morgan fingerprint density at radius 1 is 0.379 bits per heavy atom. The molecule has 2 aliphatic heterocycles. The molecule has 2 saturated heterocycles. The maximum absolute atomic E-state index is 11.9. The summed E-state index contributed by atoms with van der Waals surface area (Å²) in [4.78, 5) is 73.8. The molecule has 774 valence electrons. The molecule has 2 fully saturated rings. The van der Waals surface area contributed by atoms with Gasteiger partial charge in [0.05, 0.1) is 12.2 Å². The van der Waals surface area contributed by atoms with Crippen molar-refractivity contribution < 1.29 is 119 Å². The molecular formula is C118H182KN6O14P. The number of fused-ring (bicyclic) bond motifs is 6. The Hall–Kier alpha value is -6.11. The van der Waals surface area contributed by atoms with Gasteiger partial charge in [-0.25, -0.2) is 0 Å². The average molecular weight is 1980 g/mol. The van der Waals surface area contributed by atoms with Gasteiger partial charge in [0.15, 0.2) is 11.6 Å². The summed E-state index contributed by atoms with van der Waals surface area (Å²) >= 11 is 0. The Bertz CT molecular complexity index is 4350. The number of hydrogen-bond acceptors (Lipinski definition) is 19. The smallest absolute Gasteiger partial charge is 0.850 e. The number of aryl methyl sites for hydroxylation is 18. The van der Waals surface area contributed by atoms with Crippen LogP contribution in [0.1, 0.15) is 395 Å². The van der Waals surface area contributed by atoms with E-state index in [1.807, 2.05) is 71.1 Å². The van der Waals surface area contributed by atoms with Crippen LogP contribution in [0, 0.1) is 5.92 Å². The number of methoxy groups -OCH3 is 1. The number of allylic oxidation sites excluding steroid dienone is 6. The Kier molecular flexibility index (Phi) is 70.5. The van der Waals surface area contributed by atoms with Crippen LogP contribution in [-0.2, 0) is 163 Å². The monoisotopic (exact) mass is 1980 g/mol. The largest absolute Gasteiger partial charge is 1.00 e. The molecule has 3 unspecified atom stereocenters. The third-order valence-electron chi connectivity index (χ3n) is 25.6. The van der Waals surface area contributed by atoms with Crippen LogP contribution >= 0.6 is 7.60 Å². The summed E-state index contributed by atoms with van der Waals surface area (Å²) in [5, 5.41) is 38.0. The van der Waals surface area contributed by atoms with Crippen LogP contribution in [0.4, 0.5) is 0 Å². The summed E-state index contributed by atoms with van der Waals surface area (Å²) in [6.07, 6.45) is 74.0. The van der Waals surface area contributed by atoms with E-state index in [1.165, 1.54) is 264 Å². The fourth-order valence-corrected chi connectivity index (χ4v) is 19.0. The van der Waals surface area contributed by atoms with Gasteiger partial charge in [-0.2, -0.15) is 0 Å². The molecule has 140 heavy (non-hydrogen) atoms. The van der Waals surface area contributed by atoms with Crippen molar-refractivity contribution in [3.63, 3.8) is 0 Å². The van der Waals surface area contributed by atoms with Crippen molar-refractivity contribution in [3.05, 3.63) is 223 Å². The molecule has 0 amide bonds. The third-order valence-corrected chi connectivity index (χ3v) is 27.5. The zero-order chi connectivity index (χ0) is 101. The Labute approximate surface area is 888 Å². The molecule has 6 aromatic heterocycles. The first-order valence-corrected chi connectivity index (χ1v) is 55.5. The number of hydrogen-bond donors (Lipinski definition) is 3. The topological polar surface area (TPSA) is 293 Å². The number of aliphatic carboxylic acids is 1. The zero-order valence-corrected chi connectivity index (χ0v) is 93.2. The van der Waals surface area contributed by atoms with E-state index in [0.717, 1.165) is 205 Å². The minimum atomic E-state index is -3.22. The van der Waals surface area contributed by atoms with Crippen LogP contribution in [0.5, 0.6) is 0 Å². The van der Waals surface area contributed by atoms with Crippen molar-refractivity contribution in [1.29, 1.82) is 0 Å². The molecular weight excluding hydrogens is 1800 g/mol. The average Bonchev–Trinajstić information content (AvgIpc) is 1.12. The van der Waals surface area contributed by atoms with Crippen LogP contribution in [0.25, 0.3) is 0 Å². The molecule has 22 heteroatoms. The number of pyridine rings is 6. The fourth-order valence-electron chi connectivity index (χ4n) is 18.0. The van der Waals surface area contributed by atoms with Crippen molar-refractivity contribution in [1.82, 2.24) is 29.9 Å². The van der Waals surface area contributed by atoms with Crippen molar-refractivity contribution in [2.45, 2.75) is 426 Å². The van der Waals surface area contributed by atoms with Crippen LogP contribution in [0.15, 0.2) is 121 Å². The van der Waals surface area contributed by atoms with E-state index >= 15 is 0 Å². The third kappa shape index (κ3) is 59.5. The van der Waals surface area contributed by atoms with Crippen molar-refractivity contribution in [3.8, 4) is 0 Å². The molecule has 0 spiro atoms. The van der Waals surface area contributed by atoms with E-state index in [2.05, 4.69) is 77.5 Å². The minimum Gasteiger partial charge on any atom is -0.850 e. The molecule has 0 radical (unpaired) electrons. The standard InChI is InChI=1S/C19H29NO2.C17H26NO4P.2C17H25NO.2C17H23NO.2C4H8O.C4H9O.C2H6O.K/c1-15(14-19(21)22)8-4-2-3-5-10-17-13-12-16-9-6-7-11-18(16)20-17;1-21-23(20,22-2)13-16(19)9-5-4-8-15-12-11-14-7-3-6-10-17(14)18-15;4*1-2-7-16(19)10-5-4-9-15-13-12-14-8-3-6-11-17(14)18-15;2*1-2-4-5-3-1;1-4(2,3)5;1-3-2;/h12-13,15H,2-11,14H2,1H3,(H,21,22);11-12H,3-10,13H2,1-2H3;2*2,7,12-13,16,19H,3-6,8-11H2,1H3;2*2,7,12-13H,3-6,8-11H2,1H3;2*1-4H2;1-3H3;1-2H3;/q;;;;;;;;-1;;+1/b;;4*7-2+;;;;;. The number of carbonyl (C=O) groups excluding carboxylic acids is 3. The Morgan fingerprint density at radius 3 is 0.864 bits per heavy atom. The van der Waals surface area contributed by atoms with Gasteiger partial charge in [-0.3, -0.25) is 53.6 Å². The first-order chi connectivity index (χ1) is 67.3. The molecule has 3 atom stereocenters. The number of carboxylic acid groups (broad SMARTS) is 1. The number of aromatic nitrogens is 6. The van der Waals surface area contributed by atoms with Crippen LogP contribution < -0.4 is 56.5 Å². The van der Waals surface area contributed by atoms with Crippen molar-refractivity contribution in [2.24, 2.45) is 5.92 Å². The Balaban J connectivity index is 0.000000337. The number of aliphatic hydroxyl groups is 2. The zero-order valence-electron chi connectivity index (χ0n) is 89.2. The van der Waals surface area contributed by atoms with Crippen LogP contribution in [0.3, 0.4) is 0 Å². The number of unbranched alkanes of at least 4 members (excludes halogenated alkanes) is 8. The predicted octanol–water partition coefficient (Wildman–Crippen LogP) is 22.2. The molecule has 20 nitrogen and oxygen atoms in total. The van der Waals surface area contributed by atoms with E-state index in [4.69, 9.17) is 53.5 Å². The molecule has 0 aromatic carbocycles. The number of ketones is 3. The van der Waals surface area contributed by atoms with E-state index < -0.39 is 19.2 Å². The molecule has 0 saturated carbocycles. The first kappa shape index (κ1) is 126. The molecule has 6 aromatic rings. The minimum absolute atomic E-state index is 0. The van der Waals surface area contributed by atoms with Crippen molar-refractivity contribution in [2.75, 3.05) is 61.0 Å². The second-order valence-electron chi connectivity index (χ2n) is 39.4. The van der Waals surface area contributed by atoms with Gasteiger partial charge in [0, 0.05) is 149 Å². The maximum Gasteiger partial charge on any atom is 1.00 e. The van der Waals surface area contributed by atoms with E-state index in [9.17, 15) is 39.1 Å². The van der Waals surface area contributed by atoms with Crippen LogP contribution in [-0.4, -0.2) is 147 Å². The van der Waals surface area contributed by atoms with E-state index in [1.54, 1.807) is 47.1 Å². The molecule has 14 rings (SSSR count). The number of carboxylic acids is 1. The molecule has 6 aliphatic carbocycles. The number of carbonyl (C=O) groups is 4. The molecule has 3 N–H and O–H groups in total. The van der Waals surface area contributed by atoms with Gasteiger partial charge in [0.25, 0.3) is 0 Å². The number of nitrogens with zero attached hydrogens (tertiary/aromatic N) is 6. The number of ether oxygens (including phenoxy) is 3. The molecule has 8 aliphatic rings. The van der Waals surface area contributed by atoms with Crippen LogP contribution in [0.2, 0.25) is 0 Å². The second kappa shape index (κ2) is 78.2. The van der Waals surface area contributed by atoms with E-state index in [0.29, 0.717) is 31.6 Å². The summed E-state index contributed by atoms with van der Waals surface area (Å²) in [7, 11) is 2.64. The summed E-state index contributed by atoms with van der Waals surface area (Å²) in [5.74, 6) is 0.0306. The summed E-state index contributed by atoms with van der Waals surface area (Å²) in [5.41, 5.74) is 23.0. The quantitative estimate of drug-likeness (QED) is 0.0105. The van der Waals surface area contributed by atoms with Gasteiger partial charge in [0.2, 0.25) is 0 Å². The SMILES string of the molecule is C/C=C/C(=O)CCCCc1ccc2c(n1)CCCC2.C/C=C/C(=O)CCCCc1ccc2c(n1)CCCC2.C/C=C/C(O)CCCCc1ccc2c(n1)CCCC2.C/C=C/C(O)CCCCc1ccc2c(n1)CCCC2.C1CCOC1.C1CCOC1.CC(C)(C)[O-].CC(CCCCCCc1ccc2c(n1)CCCC2)CC(=O)O.COC.COP(=O)(CC(=O)CCCCc1ccc2c(n1)CCCC2)OC.[K+]. The van der Waals surface area contributed by atoms with Gasteiger partial charge >= 0.3 is 64.9 Å². The van der Waals surface area contributed by atoms with Gasteiger partial charge in [-0.05, 0) is 404 Å². The molecule has 8 heterocycles. The summed E-state index contributed by atoms with van der Waals surface area (Å²) < 4.78 is 35.6. The maximum atomic E-state index is 11.9. The number of Topliss-reactive ketones (excluding diaryl/α,β-unsaturated/α-hetero) is 1. The van der Waals surface area contributed by atoms with Gasteiger partial charge in [0.1, 0.15) is 11.9 Å². The fraction of sp³-hybridized carbons (Fsp3) is 0.644. The van der Waals surface area contributed by atoms with Gasteiger partial charge in [-0.1, -0.05) is 139 Å². The Morgan fingerprint density at radius 2 is 0.621 bits per heavy atom. The second-order valence-corrected chi connectivity index (χ2v) is 41.7. The predicted molar refractivity (Wildman–Crippen MR) is 567 cm³/mol. The number of aliphatic hydroxyl groups excluding tert-OH is 2. The first-order valence-electron chi connectivity index (χ1n) is 53.8. The van der Waals surface area contributed by atoms with E-state index in [-0.39, 0.29) is 87.1 Å². The van der Waals surface area contributed by atoms with Gasteiger partial charge < -0.3 is 43.7 Å².